The van der Waals surface area contributed by atoms with E-state index in [0.29, 0.717) is 16.9 Å². The normalized spacial score (nSPS) is 12.6. The molecule has 0 aliphatic heterocycles. The van der Waals surface area contributed by atoms with Gasteiger partial charge in [-0.2, -0.15) is 0 Å². The van der Waals surface area contributed by atoms with Gasteiger partial charge in [-0.3, -0.25) is 4.79 Å². The van der Waals surface area contributed by atoms with Crippen LogP contribution in [0.3, 0.4) is 0 Å². The second kappa shape index (κ2) is 6.24. The molecule has 0 saturated carbocycles. The number of furan rings is 1. The standard InChI is InChI=1S/C11H12BrNO4/c1-2-8(11(15)16)13-10(14)6-4-7-3-5-9(12)17-7/h3-6,8H,2H2,1H3,(H,13,14)(H,15,16)/b6-4+/t8-/m0/s1. The molecule has 0 fully saturated rings. The Morgan fingerprint density at radius 1 is 1.59 bits per heavy atom. The van der Waals surface area contributed by atoms with Crippen LogP contribution in [0.5, 0.6) is 0 Å². The molecule has 0 unspecified atom stereocenters. The number of aliphatic carboxylic acids is 1. The molecule has 0 spiro atoms. The topological polar surface area (TPSA) is 79.5 Å². The summed E-state index contributed by atoms with van der Waals surface area (Å²) < 4.78 is 5.71. The van der Waals surface area contributed by atoms with Crippen molar-refractivity contribution in [3.8, 4) is 0 Å². The molecule has 5 nitrogen and oxygen atoms in total. The van der Waals surface area contributed by atoms with Gasteiger partial charge < -0.3 is 14.8 Å². The zero-order valence-electron chi connectivity index (χ0n) is 9.14. The fourth-order valence-corrected chi connectivity index (χ4v) is 1.45. The molecule has 0 aromatic carbocycles. The predicted molar refractivity (Wildman–Crippen MR) is 65.3 cm³/mol. The summed E-state index contributed by atoms with van der Waals surface area (Å²) >= 11 is 3.13. The first-order chi connectivity index (χ1) is 8.02. The minimum Gasteiger partial charge on any atom is -0.480 e. The molecule has 1 rings (SSSR count). The van der Waals surface area contributed by atoms with Gasteiger partial charge in [0.1, 0.15) is 11.8 Å². The summed E-state index contributed by atoms with van der Waals surface area (Å²) in [6, 6.07) is 2.52. The smallest absolute Gasteiger partial charge is 0.326 e. The second-order valence-corrected chi connectivity index (χ2v) is 4.06. The first-order valence-electron chi connectivity index (χ1n) is 4.99. The maximum atomic E-state index is 11.4. The lowest BCUT2D eigenvalue weighted by atomic mass is 10.2. The van der Waals surface area contributed by atoms with E-state index in [4.69, 9.17) is 9.52 Å². The van der Waals surface area contributed by atoms with E-state index < -0.39 is 17.9 Å². The van der Waals surface area contributed by atoms with E-state index in [0.717, 1.165) is 0 Å². The van der Waals surface area contributed by atoms with Crippen LogP contribution in [-0.4, -0.2) is 23.0 Å². The number of carboxylic acids is 1. The zero-order chi connectivity index (χ0) is 12.8. The molecule has 6 heteroatoms. The Bertz CT molecular complexity index is 438. The molecule has 1 aromatic heterocycles. The van der Waals surface area contributed by atoms with Crippen molar-refractivity contribution >= 4 is 33.9 Å². The van der Waals surface area contributed by atoms with Gasteiger partial charge in [0.2, 0.25) is 5.91 Å². The highest BCUT2D eigenvalue weighted by Crippen LogP contribution is 2.14. The highest BCUT2D eigenvalue weighted by atomic mass is 79.9. The van der Waals surface area contributed by atoms with Crippen LogP contribution >= 0.6 is 15.9 Å². The molecule has 2 N–H and O–H groups in total. The second-order valence-electron chi connectivity index (χ2n) is 3.28. The van der Waals surface area contributed by atoms with E-state index in [1.807, 2.05) is 0 Å². The Hall–Kier alpha value is -1.56. The monoisotopic (exact) mass is 301 g/mol. The van der Waals surface area contributed by atoms with Crippen molar-refractivity contribution in [3.63, 3.8) is 0 Å². The molecule has 92 valence electrons. The third-order valence-electron chi connectivity index (χ3n) is 2.02. The number of hydrogen-bond donors (Lipinski definition) is 2. The number of rotatable bonds is 5. The number of carbonyl (C=O) groups excluding carboxylic acids is 1. The van der Waals surface area contributed by atoms with E-state index in [1.54, 1.807) is 19.1 Å². The average Bonchev–Trinajstić information content (AvgIpc) is 2.68. The fourth-order valence-electron chi connectivity index (χ4n) is 1.13. The van der Waals surface area contributed by atoms with Gasteiger partial charge in [0.25, 0.3) is 0 Å². The third-order valence-corrected chi connectivity index (χ3v) is 2.44. The SMILES string of the molecule is CC[C@H](NC(=O)/C=C/c1ccc(Br)o1)C(=O)O. The molecule has 0 aliphatic carbocycles. The van der Waals surface area contributed by atoms with Gasteiger partial charge in [-0.05, 0) is 40.6 Å². The maximum absolute atomic E-state index is 11.4. The van der Waals surface area contributed by atoms with Crippen LogP contribution < -0.4 is 5.32 Å². The zero-order valence-corrected chi connectivity index (χ0v) is 10.7. The molecular weight excluding hydrogens is 290 g/mol. The molecule has 0 aliphatic rings. The Kier molecular flexibility index (Phi) is 4.96. The molecule has 0 saturated heterocycles. The third kappa shape index (κ3) is 4.44. The van der Waals surface area contributed by atoms with Crippen LogP contribution in [0, 0.1) is 0 Å². The van der Waals surface area contributed by atoms with Crippen molar-refractivity contribution in [1.82, 2.24) is 5.32 Å². The first kappa shape index (κ1) is 13.5. The summed E-state index contributed by atoms with van der Waals surface area (Å²) in [7, 11) is 0. The van der Waals surface area contributed by atoms with Crippen molar-refractivity contribution < 1.29 is 19.1 Å². The van der Waals surface area contributed by atoms with E-state index in [2.05, 4.69) is 21.2 Å². The van der Waals surface area contributed by atoms with E-state index in [-0.39, 0.29) is 0 Å². The molecule has 0 radical (unpaired) electrons. The molecule has 1 amide bonds. The largest absolute Gasteiger partial charge is 0.480 e. The highest BCUT2D eigenvalue weighted by Gasteiger charge is 2.15. The van der Waals surface area contributed by atoms with E-state index >= 15 is 0 Å². The van der Waals surface area contributed by atoms with E-state index in [1.165, 1.54) is 12.2 Å². The van der Waals surface area contributed by atoms with Crippen molar-refractivity contribution in [2.45, 2.75) is 19.4 Å². The average molecular weight is 302 g/mol. The summed E-state index contributed by atoms with van der Waals surface area (Å²) in [5.74, 6) is -1.00. The van der Waals surface area contributed by atoms with Crippen LogP contribution in [0.15, 0.2) is 27.3 Å². The van der Waals surface area contributed by atoms with Gasteiger partial charge in [0.05, 0.1) is 0 Å². The molecule has 0 bridgehead atoms. The van der Waals surface area contributed by atoms with Crippen molar-refractivity contribution in [2.75, 3.05) is 0 Å². The van der Waals surface area contributed by atoms with E-state index in [9.17, 15) is 9.59 Å². The van der Waals surface area contributed by atoms with Crippen molar-refractivity contribution in [1.29, 1.82) is 0 Å². The number of carbonyl (C=O) groups is 2. The highest BCUT2D eigenvalue weighted by molar-refractivity contribution is 9.10. The lowest BCUT2D eigenvalue weighted by Gasteiger charge is -2.09. The van der Waals surface area contributed by atoms with Gasteiger partial charge in [-0.25, -0.2) is 4.79 Å². The first-order valence-corrected chi connectivity index (χ1v) is 5.79. The Morgan fingerprint density at radius 2 is 2.29 bits per heavy atom. The summed E-state index contributed by atoms with van der Waals surface area (Å²) in [5, 5.41) is 11.1. The summed E-state index contributed by atoms with van der Waals surface area (Å²) in [4.78, 5) is 22.1. The number of carboxylic acid groups (broad SMARTS) is 1. The summed E-state index contributed by atoms with van der Waals surface area (Å²) in [5.41, 5.74) is 0. The van der Waals surface area contributed by atoms with Gasteiger partial charge >= 0.3 is 5.97 Å². The summed E-state index contributed by atoms with van der Waals surface area (Å²) in [6.45, 7) is 1.69. The molecular formula is C11H12BrNO4. The fraction of sp³-hybridized carbons (Fsp3) is 0.273. The predicted octanol–water partition coefficient (Wildman–Crippen LogP) is 2.03. The molecule has 1 atom stereocenters. The minimum atomic E-state index is -1.05. The summed E-state index contributed by atoms with van der Waals surface area (Å²) in [6.07, 6.45) is 3.03. The number of hydrogen-bond acceptors (Lipinski definition) is 3. The lowest BCUT2D eigenvalue weighted by Crippen LogP contribution is -2.39. The molecule has 17 heavy (non-hydrogen) atoms. The van der Waals surface area contributed by atoms with Crippen LogP contribution in [0.2, 0.25) is 0 Å². The Balaban J connectivity index is 2.54. The van der Waals surface area contributed by atoms with Gasteiger partial charge in [-0.1, -0.05) is 6.92 Å². The van der Waals surface area contributed by atoms with Gasteiger partial charge in [0, 0.05) is 6.08 Å². The molecule has 1 heterocycles. The van der Waals surface area contributed by atoms with Crippen molar-refractivity contribution in [3.05, 3.63) is 28.6 Å². The molecule has 1 aromatic rings. The van der Waals surface area contributed by atoms with Crippen LogP contribution in [0.4, 0.5) is 0 Å². The van der Waals surface area contributed by atoms with Gasteiger partial charge in [0.15, 0.2) is 4.67 Å². The van der Waals surface area contributed by atoms with Crippen molar-refractivity contribution in [2.24, 2.45) is 0 Å². The van der Waals surface area contributed by atoms with Crippen LogP contribution in [0.25, 0.3) is 6.08 Å². The number of halogens is 1. The lowest BCUT2D eigenvalue weighted by molar-refractivity contribution is -0.141. The Morgan fingerprint density at radius 3 is 2.76 bits per heavy atom. The minimum absolute atomic E-state index is 0.335. The van der Waals surface area contributed by atoms with Crippen LogP contribution in [0.1, 0.15) is 19.1 Å². The number of amides is 1. The van der Waals surface area contributed by atoms with Crippen LogP contribution in [-0.2, 0) is 9.59 Å². The number of nitrogens with one attached hydrogen (secondary N) is 1. The van der Waals surface area contributed by atoms with Gasteiger partial charge in [-0.15, -0.1) is 0 Å². The quantitative estimate of drug-likeness (QED) is 0.816. The maximum Gasteiger partial charge on any atom is 0.326 e. The Labute approximate surface area is 107 Å².